The van der Waals surface area contributed by atoms with E-state index in [-0.39, 0.29) is 16.6 Å². The summed E-state index contributed by atoms with van der Waals surface area (Å²) in [4.78, 5) is 43.6. The molecule has 0 spiro atoms. The average Bonchev–Trinajstić information content (AvgIpc) is 3.36. The van der Waals surface area contributed by atoms with Crippen LogP contribution in [0.5, 0.6) is 0 Å². The molecule has 9 nitrogen and oxygen atoms in total. The molecule has 2 heterocycles. The molecule has 0 saturated carbocycles. The number of carbonyl (C=O) groups is 3. The summed E-state index contributed by atoms with van der Waals surface area (Å²) in [6.45, 7) is 4.56. The van der Waals surface area contributed by atoms with E-state index in [9.17, 15) is 14.4 Å². The van der Waals surface area contributed by atoms with E-state index in [0.717, 1.165) is 79.6 Å². The van der Waals surface area contributed by atoms with Gasteiger partial charge >= 0.3 is 0 Å². The van der Waals surface area contributed by atoms with Gasteiger partial charge in [0.05, 0.1) is 18.9 Å². The van der Waals surface area contributed by atoms with Crippen molar-refractivity contribution in [1.82, 2.24) is 9.88 Å². The molecule has 0 aliphatic carbocycles. The SMILES string of the molecule is NC(=O)c1nc(Nc2ccc3ccccc3c2C=O)sc1NC(=O)c1ccc(CCCN2CCOCC2)cc1. The number of carbonyl (C=O) groups excluding carboxylic acids is 3. The van der Waals surface area contributed by atoms with Gasteiger partial charge in [0, 0.05) is 24.2 Å². The number of thiazole rings is 1. The number of fused-ring (bicyclic) bond motifs is 1. The molecule has 1 fully saturated rings. The van der Waals surface area contributed by atoms with Gasteiger partial charge in [-0.2, -0.15) is 0 Å². The second kappa shape index (κ2) is 12.2. The zero-order valence-corrected chi connectivity index (χ0v) is 22.1. The molecule has 5 rings (SSSR count). The van der Waals surface area contributed by atoms with Crippen molar-refractivity contribution in [3.05, 3.63) is 83.0 Å². The van der Waals surface area contributed by atoms with Crippen LogP contribution in [-0.2, 0) is 11.2 Å². The Balaban J connectivity index is 1.26. The van der Waals surface area contributed by atoms with E-state index in [1.165, 1.54) is 0 Å². The Morgan fingerprint density at radius 2 is 1.82 bits per heavy atom. The first-order chi connectivity index (χ1) is 19.0. The Hall–Kier alpha value is -4.12. The second-order valence-electron chi connectivity index (χ2n) is 9.26. The molecule has 1 aliphatic rings. The topological polar surface area (TPSA) is 127 Å². The number of rotatable bonds is 10. The molecule has 0 unspecified atom stereocenters. The molecule has 39 heavy (non-hydrogen) atoms. The summed E-state index contributed by atoms with van der Waals surface area (Å²) in [5.41, 5.74) is 8.12. The maximum absolute atomic E-state index is 13.0. The summed E-state index contributed by atoms with van der Waals surface area (Å²) in [5, 5.41) is 8.15. The quantitative estimate of drug-likeness (QED) is 0.252. The van der Waals surface area contributed by atoms with Crippen LogP contribution in [0.2, 0.25) is 0 Å². The Kier molecular flexibility index (Phi) is 8.26. The minimum Gasteiger partial charge on any atom is -0.379 e. The standard InChI is InChI=1S/C29H29N5O4S/c30-26(36)25-28(39-29(32-25)31-24-12-11-20-5-1-2-6-22(20)23(24)18-35)33-27(37)21-9-7-19(8-10-21)4-3-13-34-14-16-38-17-15-34/h1-2,5-12,18H,3-4,13-17H2,(H2,30,36)(H,31,32)(H,33,37). The molecule has 4 N–H and O–H groups in total. The van der Waals surface area contributed by atoms with Gasteiger partial charge < -0.3 is 21.1 Å². The Morgan fingerprint density at radius 3 is 2.56 bits per heavy atom. The van der Waals surface area contributed by atoms with Crippen LogP contribution in [0.3, 0.4) is 0 Å². The van der Waals surface area contributed by atoms with Crippen LogP contribution in [0.4, 0.5) is 15.8 Å². The predicted octanol–water partition coefficient (Wildman–Crippen LogP) is 4.47. The van der Waals surface area contributed by atoms with Crippen molar-refractivity contribution >= 4 is 56.0 Å². The molecule has 200 valence electrons. The van der Waals surface area contributed by atoms with E-state index < -0.39 is 5.91 Å². The van der Waals surface area contributed by atoms with Gasteiger partial charge in [-0.1, -0.05) is 53.8 Å². The molecule has 4 aromatic rings. The van der Waals surface area contributed by atoms with Crippen molar-refractivity contribution in [3.8, 4) is 0 Å². The Morgan fingerprint density at radius 1 is 1.05 bits per heavy atom. The lowest BCUT2D eigenvalue weighted by Gasteiger charge is -2.26. The number of nitrogens with one attached hydrogen (secondary N) is 2. The highest BCUT2D eigenvalue weighted by molar-refractivity contribution is 7.20. The first kappa shape index (κ1) is 26.5. The number of hydrogen-bond acceptors (Lipinski definition) is 8. The summed E-state index contributed by atoms with van der Waals surface area (Å²) in [5.74, 6) is -1.13. The molecule has 10 heteroatoms. The van der Waals surface area contributed by atoms with Gasteiger partial charge in [0.25, 0.3) is 11.8 Å². The highest BCUT2D eigenvalue weighted by atomic mass is 32.1. The molecule has 1 aliphatic heterocycles. The number of nitrogens with two attached hydrogens (primary N) is 1. The number of anilines is 3. The van der Waals surface area contributed by atoms with E-state index in [0.29, 0.717) is 21.9 Å². The highest BCUT2D eigenvalue weighted by Crippen LogP contribution is 2.33. The lowest BCUT2D eigenvalue weighted by molar-refractivity contribution is 0.0374. The number of amides is 2. The Labute approximate surface area is 230 Å². The van der Waals surface area contributed by atoms with Gasteiger partial charge in [0.15, 0.2) is 17.1 Å². The summed E-state index contributed by atoms with van der Waals surface area (Å²) in [6, 6.07) is 18.7. The largest absolute Gasteiger partial charge is 0.379 e. The summed E-state index contributed by atoms with van der Waals surface area (Å²) in [6.07, 6.45) is 2.74. The number of aryl methyl sites for hydroxylation is 1. The van der Waals surface area contributed by atoms with Gasteiger partial charge in [-0.25, -0.2) is 4.98 Å². The van der Waals surface area contributed by atoms with Crippen LogP contribution in [-0.4, -0.2) is 60.8 Å². The van der Waals surface area contributed by atoms with Crippen LogP contribution in [0.25, 0.3) is 10.8 Å². The van der Waals surface area contributed by atoms with Crippen LogP contribution in [0.15, 0.2) is 60.7 Å². The van der Waals surface area contributed by atoms with E-state index in [1.807, 2.05) is 42.5 Å². The number of nitrogens with zero attached hydrogens (tertiary/aromatic N) is 2. The maximum atomic E-state index is 13.0. The lowest BCUT2D eigenvalue weighted by Crippen LogP contribution is -2.36. The molecule has 1 saturated heterocycles. The monoisotopic (exact) mass is 543 g/mol. The first-order valence-electron chi connectivity index (χ1n) is 12.8. The first-order valence-corrected chi connectivity index (χ1v) is 13.6. The minimum atomic E-state index is -0.765. The number of primary amides is 1. The molecule has 0 radical (unpaired) electrons. The van der Waals surface area contributed by atoms with E-state index in [2.05, 4.69) is 20.5 Å². The normalized spacial score (nSPS) is 13.7. The van der Waals surface area contributed by atoms with Crippen molar-refractivity contribution < 1.29 is 19.1 Å². The fourth-order valence-corrected chi connectivity index (χ4v) is 5.48. The number of benzene rings is 3. The number of aromatic nitrogens is 1. The van der Waals surface area contributed by atoms with Crippen LogP contribution < -0.4 is 16.4 Å². The van der Waals surface area contributed by atoms with Gasteiger partial charge in [-0.3, -0.25) is 19.3 Å². The fourth-order valence-electron chi connectivity index (χ4n) is 4.60. The van der Waals surface area contributed by atoms with Gasteiger partial charge in [0.2, 0.25) is 0 Å². The molecule has 0 bridgehead atoms. The molecule has 1 aromatic heterocycles. The lowest BCUT2D eigenvalue weighted by atomic mass is 10.0. The van der Waals surface area contributed by atoms with Crippen molar-refractivity contribution in [2.45, 2.75) is 12.8 Å². The van der Waals surface area contributed by atoms with Crippen molar-refractivity contribution in [2.24, 2.45) is 5.73 Å². The van der Waals surface area contributed by atoms with Crippen molar-refractivity contribution in [2.75, 3.05) is 43.5 Å². The molecular weight excluding hydrogens is 514 g/mol. The van der Waals surface area contributed by atoms with Gasteiger partial charge in [0.1, 0.15) is 5.00 Å². The number of hydrogen-bond donors (Lipinski definition) is 3. The van der Waals surface area contributed by atoms with Gasteiger partial charge in [-0.05, 0) is 53.9 Å². The summed E-state index contributed by atoms with van der Waals surface area (Å²) < 4.78 is 5.39. The molecule has 2 amide bonds. The van der Waals surface area contributed by atoms with Crippen molar-refractivity contribution in [1.29, 1.82) is 0 Å². The zero-order chi connectivity index (χ0) is 27.2. The second-order valence-corrected chi connectivity index (χ2v) is 10.3. The third kappa shape index (κ3) is 6.31. The summed E-state index contributed by atoms with van der Waals surface area (Å²) in [7, 11) is 0. The minimum absolute atomic E-state index is 0.0518. The summed E-state index contributed by atoms with van der Waals surface area (Å²) >= 11 is 1.07. The molecular formula is C29H29N5O4S. The van der Waals surface area contributed by atoms with E-state index >= 15 is 0 Å². The van der Waals surface area contributed by atoms with Crippen LogP contribution >= 0.6 is 11.3 Å². The molecule has 3 aromatic carbocycles. The number of ether oxygens (including phenoxy) is 1. The van der Waals surface area contributed by atoms with Crippen LogP contribution in [0, 0.1) is 0 Å². The number of aldehydes is 1. The Bertz CT molecular complexity index is 1500. The van der Waals surface area contributed by atoms with E-state index in [4.69, 9.17) is 10.5 Å². The van der Waals surface area contributed by atoms with Crippen molar-refractivity contribution in [3.63, 3.8) is 0 Å². The third-order valence-corrected chi connectivity index (χ3v) is 7.56. The highest BCUT2D eigenvalue weighted by Gasteiger charge is 2.20. The predicted molar refractivity (Wildman–Crippen MR) is 153 cm³/mol. The molecule has 0 atom stereocenters. The van der Waals surface area contributed by atoms with E-state index in [1.54, 1.807) is 18.2 Å². The maximum Gasteiger partial charge on any atom is 0.270 e. The van der Waals surface area contributed by atoms with Gasteiger partial charge in [-0.15, -0.1) is 0 Å². The third-order valence-electron chi connectivity index (χ3n) is 6.68. The van der Waals surface area contributed by atoms with Crippen LogP contribution in [0.1, 0.15) is 43.2 Å². The fraction of sp³-hybridized carbons (Fsp3) is 0.241. The average molecular weight is 544 g/mol. The smallest absolute Gasteiger partial charge is 0.270 e. The zero-order valence-electron chi connectivity index (χ0n) is 21.3. The number of morpholine rings is 1.